The van der Waals surface area contributed by atoms with Gasteiger partial charge in [-0.1, -0.05) is 53.5 Å². The van der Waals surface area contributed by atoms with Crippen molar-refractivity contribution in [2.75, 3.05) is 13.6 Å². The number of carbonyl (C=O) groups excluding carboxylic acids is 2. The van der Waals surface area contributed by atoms with Gasteiger partial charge in [-0.15, -0.1) is 11.3 Å². The minimum absolute atomic E-state index is 0.0769. The predicted octanol–water partition coefficient (Wildman–Crippen LogP) is 4.37. The fourth-order valence-corrected chi connectivity index (χ4v) is 3.78. The summed E-state index contributed by atoms with van der Waals surface area (Å²) in [5.41, 5.74) is 6.61. The second-order valence-electron chi connectivity index (χ2n) is 7.36. The molecule has 0 saturated carbocycles. The number of hydrogen-bond donors (Lipinski definition) is 3. The Morgan fingerprint density at radius 2 is 1.90 bits per heavy atom. The minimum atomic E-state index is -0.0769. The molecule has 1 aromatic heterocycles. The summed E-state index contributed by atoms with van der Waals surface area (Å²) in [5.74, 6) is 0.642. The van der Waals surface area contributed by atoms with Gasteiger partial charge in [0.25, 0.3) is 0 Å². The van der Waals surface area contributed by atoms with Crippen LogP contribution in [0.25, 0.3) is 10.2 Å². The highest BCUT2D eigenvalue weighted by molar-refractivity contribution is 7.18. The average Bonchev–Trinajstić information content (AvgIpc) is 3.12. The van der Waals surface area contributed by atoms with Crippen molar-refractivity contribution in [1.82, 2.24) is 15.6 Å². The summed E-state index contributed by atoms with van der Waals surface area (Å²) < 4.78 is 1.26. The third-order valence-electron chi connectivity index (χ3n) is 4.23. The molecule has 0 radical (unpaired) electrons. The molecular formula is C23H40N4O2S. The first-order chi connectivity index (χ1) is 14.4. The van der Waals surface area contributed by atoms with Crippen LogP contribution in [0.2, 0.25) is 0 Å². The van der Waals surface area contributed by atoms with Crippen molar-refractivity contribution in [2.45, 2.75) is 78.7 Å². The highest BCUT2D eigenvalue weighted by Crippen LogP contribution is 2.26. The summed E-state index contributed by atoms with van der Waals surface area (Å²) >= 11 is 1.77. The third-order valence-corrected chi connectivity index (χ3v) is 5.31. The SMILES string of the molecule is CCC.CCCC(NC)C(=O)NCCCc1nc2ccc(C(C)C)cc2s1.NC=O. The number of nitrogens with zero attached hydrogens (tertiary/aromatic N) is 1. The molecule has 0 spiro atoms. The monoisotopic (exact) mass is 436 g/mol. The van der Waals surface area contributed by atoms with E-state index in [2.05, 4.69) is 69.2 Å². The number of aryl methyl sites for hydroxylation is 1. The molecule has 0 aliphatic heterocycles. The van der Waals surface area contributed by atoms with Gasteiger partial charge in [-0.2, -0.15) is 0 Å². The van der Waals surface area contributed by atoms with E-state index in [0.717, 1.165) is 36.2 Å². The molecule has 7 heteroatoms. The zero-order chi connectivity index (χ0) is 22.9. The number of rotatable bonds is 9. The minimum Gasteiger partial charge on any atom is -0.372 e. The molecule has 0 aliphatic carbocycles. The Labute approximate surface area is 186 Å². The summed E-state index contributed by atoms with van der Waals surface area (Å²) in [6, 6.07) is 6.47. The standard InChI is InChI=1S/C19H29N3OS.C3H8.CH3NO/c1-5-7-16(20-4)19(23)21-11-6-8-18-22-15-10-9-14(13(2)3)12-17(15)24-18;1-3-2;2-1-3/h9-10,12-13,16,20H,5-8,11H2,1-4H3,(H,21,23);3H2,1-2H3;1H,(H2,2,3). The molecule has 0 fully saturated rings. The number of nitrogens with one attached hydrogen (secondary N) is 2. The lowest BCUT2D eigenvalue weighted by atomic mass is 10.0. The van der Waals surface area contributed by atoms with E-state index in [0.29, 0.717) is 12.5 Å². The maximum atomic E-state index is 12.0. The maximum Gasteiger partial charge on any atom is 0.237 e. The van der Waals surface area contributed by atoms with Crippen LogP contribution >= 0.6 is 11.3 Å². The van der Waals surface area contributed by atoms with Crippen LogP contribution in [-0.4, -0.2) is 36.9 Å². The second kappa shape index (κ2) is 16.8. The molecule has 2 aromatic rings. The lowest BCUT2D eigenvalue weighted by Crippen LogP contribution is -2.42. The summed E-state index contributed by atoms with van der Waals surface area (Å²) in [5, 5.41) is 7.24. The van der Waals surface area contributed by atoms with Gasteiger partial charge >= 0.3 is 0 Å². The van der Waals surface area contributed by atoms with E-state index in [1.54, 1.807) is 11.3 Å². The van der Waals surface area contributed by atoms with Gasteiger partial charge in [-0.25, -0.2) is 4.98 Å². The van der Waals surface area contributed by atoms with Crippen LogP contribution in [0.5, 0.6) is 0 Å². The number of carbonyl (C=O) groups is 2. The van der Waals surface area contributed by atoms with Crippen molar-refractivity contribution < 1.29 is 9.59 Å². The molecule has 170 valence electrons. The van der Waals surface area contributed by atoms with E-state index in [-0.39, 0.29) is 18.4 Å². The highest BCUT2D eigenvalue weighted by Gasteiger charge is 2.14. The lowest BCUT2D eigenvalue weighted by molar-refractivity contribution is -0.123. The Morgan fingerprint density at radius 3 is 2.43 bits per heavy atom. The summed E-state index contributed by atoms with van der Waals surface area (Å²) in [6.45, 7) is 11.5. The summed E-state index contributed by atoms with van der Waals surface area (Å²) in [6.07, 6.45) is 5.21. The largest absolute Gasteiger partial charge is 0.372 e. The Balaban J connectivity index is 0.00000125. The van der Waals surface area contributed by atoms with Gasteiger partial charge in [0.15, 0.2) is 0 Å². The van der Waals surface area contributed by atoms with Crippen molar-refractivity contribution >= 4 is 33.9 Å². The molecule has 1 unspecified atom stereocenters. The van der Waals surface area contributed by atoms with Crippen molar-refractivity contribution in [3.8, 4) is 0 Å². The number of benzene rings is 1. The van der Waals surface area contributed by atoms with Gasteiger partial charge in [-0.3, -0.25) is 9.59 Å². The molecule has 30 heavy (non-hydrogen) atoms. The van der Waals surface area contributed by atoms with E-state index in [4.69, 9.17) is 9.78 Å². The van der Waals surface area contributed by atoms with Gasteiger partial charge < -0.3 is 16.4 Å². The van der Waals surface area contributed by atoms with Crippen LogP contribution in [0.1, 0.15) is 76.8 Å². The maximum absolute atomic E-state index is 12.0. The lowest BCUT2D eigenvalue weighted by Gasteiger charge is -2.14. The van der Waals surface area contributed by atoms with Crippen LogP contribution in [-0.2, 0) is 16.0 Å². The molecule has 0 aliphatic rings. The molecule has 4 N–H and O–H groups in total. The number of hydrogen-bond acceptors (Lipinski definition) is 5. The number of thiazole rings is 1. The van der Waals surface area contributed by atoms with Crippen LogP contribution < -0.4 is 16.4 Å². The Bertz CT molecular complexity index is 731. The van der Waals surface area contributed by atoms with Crippen LogP contribution in [0, 0.1) is 0 Å². The van der Waals surface area contributed by atoms with Crippen molar-refractivity contribution in [1.29, 1.82) is 0 Å². The predicted molar refractivity (Wildman–Crippen MR) is 129 cm³/mol. The molecule has 2 rings (SSSR count). The summed E-state index contributed by atoms with van der Waals surface area (Å²) in [7, 11) is 1.84. The molecule has 1 atom stereocenters. The van der Waals surface area contributed by atoms with E-state index in [1.165, 1.54) is 16.7 Å². The Hall–Kier alpha value is -1.99. The van der Waals surface area contributed by atoms with E-state index < -0.39 is 0 Å². The number of primary amides is 1. The van der Waals surface area contributed by atoms with Crippen molar-refractivity contribution in [3.63, 3.8) is 0 Å². The molecular weight excluding hydrogens is 396 g/mol. The first-order valence-electron chi connectivity index (χ1n) is 10.9. The topological polar surface area (TPSA) is 97.1 Å². The van der Waals surface area contributed by atoms with Gasteiger partial charge in [0.1, 0.15) is 0 Å². The molecule has 2 amide bonds. The molecule has 6 nitrogen and oxygen atoms in total. The number of aromatic nitrogens is 1. The Morgan fingerprint density at radius 1 is 1.27 bits per heavy atom. The van der Waals surface area contributed by atoms with E-state index >= 15 is 0 Å². The fourth-order valence-electron chi connectivity index (χ4n) is 2.72. The first-order valence-corrected chi connectivity index (χ1v) is 11.7. The Kier molecular flexibility index (Phi) is 15.7. The number of likely N-dealkylation sites (N-methyl/N-ethyl adjacent to an activating group) is 1. The quantitative estimate of drug-likeness (QED) is 0.401. The number of fused-ring (bicyclic) bond motifs is 1. The zero-order valence-corrected chi connectivity index (χ0v) is 20.3. The van der Waals surface area contributed by atoms with Gasteiger partial charge in [0.2, 0.25) is 12.3 Å². The van der Waals surface area contributed by atoms with E-state index in [9.17, 15) is 4.79 Å². The van der Waals surface area contributed by atoms with Gasteiger partial charge in [0, 0.05) is 13.0 Å². The average molecular weight is 437 g/mol. The molecule has 0 saturated heterocycles. The molecule has 1 aromatic carbocycles. The van der Waals surface area contributed by atoms with Crippen LogP contribution in [0.3, 0.4) is 0 Å². The van der Waals surface area contributed by atoms with Crippen LogP contribution in [0.4, 0.5) is 0 Å². The summed E-state index contributed by atoms with van der Waals surface area (Å²) in [4.78, 5) is 25.3. The number of amides is 2. The van der Waals surface area contributed by atoms with Crippen molar-refractivity contribution in [3.05, 3.63) is 28.8 Å². The third kappa shape index (κ3) is 10.7. The van der Waals surface area contributed by atoms with Gasteiger partial charge in [-0.05, 0) is 43.5 Å². The number of nitrogens with two attached hydrogens (primary N) is 1. The van der Waals surface area contributed by atoms with Crippen molar-refractivity contribution in [2.24, 2.45) is 5.73 Å². The van der Waals surface area contributed by atoms with Gasteiger partial charge in [0.05, 0.1) is 21.3 Å². The van der Waals surface area contributed by atoms with E-state index in [1.807, 2.05) is 7.05 Å². The molecule has 1 heterocycles. The normalized spacial score (nSPS) is 11.2. The smallest absolute Gasteiger partial charge is 0.237 e. The van der Waals surface area contributed by atoms with Crippen LogP contribution in [0.15, 0.2) is 18.2 Å². The zero-order valence-electron chi connectivity index (χ0n) is 19.5. The second-order valence-corrected chi connectivity index (χ2v) is 8.47. The highest BCUT2D eigenvalue weighted by atomic mass is 32.1. The first kappa shape index (κ1) is 28.0. The molecule has 0 bridgehead atoms. The fraction of sp³-hybridized carbons (Fsp3) is 0.609.